The quantitative estimate of drug-likeness (QED) is 0.747. The zero-order valence-corrected chi connectivity index (χ0v) is 9.50. The van der Waals surface area contributed by atoms with Gasteiger partial charge in [-0.3, -0.25) is 0 Å². The van der Waals surface area contributed by atoms with Crippen LogP contribution in [-0.2, 0) is 4.74 Å². The molecule has 86 valence electrons. The molecule has 0 radical (unpaired) electrons. The van der Waals surface area contributed by atoms with Crippen LogP contribution < -0.4 is 4.74 Å². The van der Waals surface area contributed by atoms with Crippen LogP contribution in [0, 0.1) is 0 Å². The van der Waals surface area contributed by atoms with Crippen LogP contribution in [0.2, 0.25) is 0 Å². The molecule has 3 rings (SSSR count). The fourth-order valence-electron chi connectivity index (χ4n) is 1.73. The monoisotopic (exact) mass is 226 g/mol. The lowest BCUT2D eigenvalue weighted by Gasteiger charge is -2.05. The van der Waals surface area contributed by atoms with E-state index in [1.165, 1.54) is 11.1 Å². The van der Waals surface area contributed by atoms with Gasteiger partial charge in [0.1, 0.15) is 18.5 Å². The minimum Gasteiger partial charge on any atom is -0.491 e. The molecule has 0 bridgehead atoms. The first kappa shape index (κ1) is 10.4. The van der Waals surface area contributed by atoms with E-state index in [2.05, 4.69) is 24.3 Å². The Balaban J connectivity index is 1.70. The molecule has 0 aliphatic carbocycles. The highest BCUT2D eigenvalue weighted by Gasteiger charge is 2.22. The molecular weight excluding hydrogens is 212 g/mol. The van der Waals surface area contributed by atoms with E-state index in [4.69, 9.17) is 9.47 Å². The summed E-state index contributed by atoms with van der Waals surface area (Å²) in [7, 11) is 0. The smallest absolute Gasteiger partial charge is 0.119 e. The zero-order valence-electron chi connectivity index (χ0n) is 9.50. The molecule has 1 heterocycles. The van der Waals surface area contributed by atoms with Crippen LogP contribution >= 0.6 is 0 Å². The van der Waals surface area contributed by atoms with Gasteiger partial charge in [0, 0.05) is 0 Å². The summed E-state index contributed by atoms with van der Waals surface area (Å²) in [6, 6.07) is 18.5. The van der Waals surface area contributed by atoms with Gasteiger partial charge in [-0.25, -0.2) is 0 Å². The van der Waals surface area contributed by atoms with Crippen LogP contribution in [0.5, 0.6) is 5.75 Å². The first-order valence-corrected chi connectivity index (χ1v) is 5.82. The molecule has 1 saturated heterocycles. The third kappa shape index (κ3) is 2.66. The molecule has 17 heavy (non-hydrogen) atoms. The zero-order chi connectivity index (χ0) is 11.5. The van der Waals surface area contributed by atoms with Gasteiger partial charge in [0.2, 0.25) is 0 Å². The van der Waals surface area contributed by atoms with Gasteiger partial charge in [0.15, 0.2) is 0 Å². The van der Waals surface area contributed by atoms with Gasteiger partial charge in [-0.1, -0.05) is 42.5 Å². The van der Waals surface area contributed by atoms with Gasteiger partial charge >= 0.3 is 0 Å². The predicted octanol–water partition coefficient (Wildman–Crippen LogP) is 3.13. The molecule has 0 aromatic heterocycles. The molecule has 1 aliphatic heterocycles. The Hall–Kier alpha value is -1.80. The number of epoxide rings is 1. The van der Waals surface area contributed by atoms with E-state index in [0.717, 1.165) is 12.4 Å². The first-order chi connectivity index (χ1) is 8.42. The SMILES string of the molecule is c1ccc(-c2ccc(OC[C@@H]3CO3)cc2)cc1. The number of rotatable bonds is 4. The fourth-order valence-corrected chi connectivity index (χ4v) is 1.73. The highest BCUT2D eigenvalue weighted by molar-refractivity contribution is 5.63. The van der Waals surface area contributed by atoms with E-state index < -0.39 is 0 Å². The molecule has 1 atom stereocenters. The minimum absolute atomic E-state index is 0.309. The average molecular weight is 226 g/mol. The maximum Gasteiger partial charge on any atom is 0.119 e. The Morgan fingerprint density at radius 2 is 1.59 bits per heavy atom. The Kier molecular flexibility index (Phi) is 2.80. The van der Waals surface area contributed by atoms with Gasteiger partial charge in [0.05, 0.1) is 6.61 Å². The number of hydrogen-bond donors (Lipinski definition) is 0. The van der Waals surface area contributed by atoms with Crippen molar-refractivity contribution in [2.24, 2.45) is 0 Å². The van der Waals surface area contributed by atoms with Crippen LogP contribution in [-0.4, -0.2) is 19.3 Å². The van der Waals surface area contributed by atoms with E-state index in [9.17, 15) is 0 Å². The van der Waals surface area contributed by atoms with E-state index in [1.54, 1.807) is 0 Å². The molecule has 0 unspecified atom stereocenters. The fraction of sp³-hybridized carbons (Fsp3) is 0.200. The van der Waals surface area contributed by atoms with Crippen LogP contribution in [0.1, 0.15) is 0 Å². The van der Waals surface area contributed by atoms with Crippen molar-refractivity contribution in [1.29, 1.82) is 0 Å². The highest BCUT2D eigenvalue weighted by atomic mass is 16.6. The van der Waals surface area contributed by atoms with E-state index >= 15 is 0 Å². The molecule has 2 aromatic rings. The van der Waals surface area contributed by atoms with Crippen molar-refractivity contribution in [3.05, 3.63) is 54.6 Å². The second-order valence-corrected chi connectivity index (χ2v) is 4.16. The number of ether oxygens (including phenoxy) is 2. The lowest BCUT2D eigenvalue weighted by molar-refractivity contribution is 0.263. The van der Waals surface area contributed by atoms with Crippen molar-refractivity contribution in [2.75, 3.05) is 13.2 Å². The van der Waals surface area contributed by atoms with Crippen LogP contribution in [0.4, 0.5) is 0 Å². The summed E-state index contributed by atoms with van der Waals surface area (Å²) in [5, 5.41) is 0. The van der Waals surface area contributed by atoms with Crippen molar-refractivity contribution >= 4 is 0 Å². The average Bonchev–Trinajstić information content (AvgIpc) is 3.22. The van der Waals surface area contributed by atoms with Gasteiger partial charge in [-0.15, -0.1) is 0 Å². The third-order valence-electron chi connectivity index (χ3n) is 2.80. The van der Waals surface area contributed by atoms with Gasteiger partial charge in [0.25, 0.3) is 0 Å². The van der Waals surface area contributed by atoms with E-state index in [-0.39, 0.29) is 0 Å². The molecule has 1 aliphatic rings. The van der Waals surface area contributed by atoms with Crippen molar-refractivity contribution in [1.82, 2.24) is 0 Å². The lowest BCUT2D eigenvalue weighted by atomic mass is 10.1. The summed E-state index contributed by atoms with van der Waals surface area (Å²) in [6.45, 7) is 1.49. The predicted molar refractivity (Wildman–Crippen MR) is 67.1 cm³/mol. The molecule has 2 aromatic carbocycles. The standard InChI is InChI=1S/C15H14O2/c1-2-4-12(5-3-1)13-6-8-14(9-7-13)16-10-15-11-17-15/h1-9,15H,10-11H2/t15-/m1/s1. The maximum atomic E-state index is 5.60. The Morgan fingerprint density at radius 3 is 2.24 bits per heavy atom. The molecule has 2 nitrogen and oxygen atoms in total. The Morgan fingerprint density at radius 1 is 0.941 bits per heavy atom. The molecule has 1 fully saturated rings. The van der Waals surface area contributed by atoms with Crippen LogP contribution in [0.3, 0.4) is 0 Å². The van der Waals surface area contributed by atoms with Gasteiger partial charge in [-0.2, -0.15) is 0 Å². The largest absolute Gasteiger partial charge is 0.491 e. The molecule has 0 saturated carbocycles. The van der Waals surface area contributed by atoms with Crippen LogP contribution in [0.25, 0.3) is 11.1 Å². The van der Waals surface area contributed by atoms with Crippen LogP contribution in [0.15, 0.2) is 54.6 Å². The van der Waals surface area contributed by atoms with Gasteiger partial charge in [-0.05, 0) is 23.3 Å². The van der Waals surface area contributed by atoms with E-state index in [0.29, 0.717) is 12.7 Å². The van der Waals surface area contributed by atoms with E-state index in [1.807, 2.05) is 30.3 Å². The van der Waals surface area contributed by atoms with Crippen molar-refractivity contribution < 1.29 is 9.47 Å². The van der Waals surface area contributed by atoms with Crippen molar-refractivity contribution in [3.8, 4) is 16.9 Å². The summed E-state index contributed by atoms with van der Waals surface area (Å²) in [4.78, 5) is 0. The second kappa shape index (κ2) is 4.60. The minimum atomic E-state index is 0.309. The number of benzene rings is 2. The van der Waals surface area contributed by atoms with Gasteiger partial charge < -0.3 is 9.47 Å². The normalized spacial score (nSPS) is 17.8. The number of hydrogen-bond acceptors (Lipinski definition) is 2. The molecule has 0 N–H and O–H groups in total. The maximum absolute atomic E-state index is 5.60. The summed E-state index contributed by atoms with van der Waals surface area (Å²) in [5.74, 6) is 0.903. The third-order valence-corrected chi connectivity index (χ3v) is 2.80. The summed E-state index contributed by atoms with van der Waals surface area (Å²) in [5.41, 5.74) is 2.44. The lowest BCUT2D eigenvalue weighted by Crippen LogP contribution is -2.03. The van der Waals surface area contributed by atoms with Crippen molar-refractivity contribution in [3.63, 3.8) is 0 Å². The molecular formula is C15H14O2. The topological polar surface area (TPSA) is 21.8 Å². The highest BCUT2D eigenvalue weighted by Crippen LogP contribution is 2.22. The Labute approximate surface area is 101 Å². The molecule has 0 amide bonds. The molecule has 0 spiro atoms. The Bertz CT molecular complexity index is 472. The first-order valence-electron chi connectivity index (χ1n) is 5.82. The summed E-state index contributed by atoms with van der Waals surface area (Å²) >= 11 is 0. The second-order valence-electron chi connectivity index (χ2n) is 4.16. The molecule has 2 heteroatoms. The summed E-state index contributed by atoms with van der Waals surface area (Å²) in [6.07, 6.45) is 0.309. The summed E-state index contributed by atoms with van der Waals surface area (Å²) < 4.78 is 10.7. The van der Waals surface area contributed by atoms with Crippen molar-refractivity contribution in [2.45, 2.75) is 6.10 Å².